The van der Waals surface area contributed by atoms with Crippen LogP contribution in [0.5, 0.6) is 0 Å². The number of hydrogen-bond acceptors (Lipinski definition) is 8. The zero-order valence-corrected chi connectivity index (χ0v) is 17.9. The minimum absolute atomic E-state index is 0. The molecule has 3 radical (unpaired) electrons. The van der Waals surface area contributed by atoms with Crippen molar-refractivity contribution in [3.8, 4) is 0 Å². The van der Waals surface area contributed by atoms with Crippen LogP contribution in [0.25, 0.3) is 0 Å². The molecule has 17 heteroatoms. The van der Waals surface area contributed by atoms with Crippen molar-refractivity contribution in [1.29, 1.82) is 0 Å². The molecule has 0 aromatic carbocycles. The van der Waals surface area contributed by atoms with E-state index in [0.29, 0.717) is 0 Å². The van der Waals surface area contributed by atoms with Crippen molar-refractivity contribution in [3.05, 3.63) is 0 Å². The van der Waals surface area contributed by atoms with Gasteiger partial charge in [-0.1, -0.05) is 0 Å². The van der Waals surface area contributed by atoms with Gasteiger partial charge in [0.05, 0.1) is 39.3 Å². The molecule has 0 bridgehead atoms. The molecule has 29 heavy (non-hydrogen) atoms. The second-order valence-corrected chi connectivity index (χ2v) is 4.65. The van der Waals surface area contributed by atoms with Crippen LogP contribution in [0, 0.1) is 0 Å². The van der Waals surface area contributed by atoms with Gasteiger partial charge in [-0.3, -0.25) is 38.6 Å². The van der Waals surface area contributed by atoms with E-state index in [2.05, 4.69) is 0 Å². The molecule has 169 valence electrons. The Morgan fingerprint density at radius 1 is 0.379 bits per heavy atom. The first-order chi connectivity index (χ1) is 11.8. The minimum Gasteiger partial charge on any atom is -0.480 e. The van der Waals surface area contributed by atoms with Gasteiger partial charge in [0, 0.05) is 51.2 Å². The summed E-state index contributed by atoms with van der Waals surface area (Å²) >= 11 is 0. The summed E-state index contributed by atoms with van der Waals surface area (Å²) in [4.78, 5) is 62.5. The van der Waals surface area contributed by atoms with E-state index < -0.39 is 75.1 Å². The molecule has 0 heterocycles. The average Bonchev–Trinajstić information content (AvgIpc) is 2.33. The third-order valence-corrected chi connectivity index (χ3v) is 2.15. The summed E-state index contributed by atoms with van der Waals surface area (Å²) in [6.45, 7) is -3.59. The second kappa shape index (κ2) is 21.0. The Morgan fingerprint density at radius 2 is 0.483 bits per heavy atom. The van der Waals surface area contributed by atoms with E-state index in [1.807, 2.05) is 0 Å². The Balaban J connectivity index is -0.000000120. The van der Waals surface area contributed by atoms with Crippen LogP contribution in [-0.2, 0) is 80.0 Å². The first-order valence-electron chi connectivity index (χ1n) is 6.59. The fourth-order valence-electron chi connectivity index (χ4n) is 1.48. The predicted molar refractivity (Wildman–Crippen MR) is 78.7 cm³/mol. The van der Waals surface area contributed by atoms with E-state index in [4.69, 9.17) is 30.6 Å². The van der Waals surface area contributed by atoms with Crippen molar-refractivity contribution < 1.29 is 111 Å². The molecule has 0 aliphatic rings. The SMILES string of the molecule is O=C(O)CN(CC(=O)O)CC(=O)O.O=C(O)CN(CC(=O)O)CC(=O)O.[Mn].[Mn].[Mn]. The number of carboxylic acid groups (broad SMARTS) is 6. The maximum absolute atomic E-state index is 10.1. The van der Waals surface area contributed by atoms with Crippen LogP contribution in [0.4, 0.5) is 0 Å². The molecule has 0 fully saturated rings. The van der Waals surface area contributed by atoms with Gasteiger partial charge in [-0.2, -0.15) is 0 Å². The van der Waals surface area contributed by atoms with E-state index in [1.165, 1.54) is 0 Å². The maximum atomic E-state index is 10.1. The van der Waals surface area contributed by atoms with Crippen LogP contribution < -0.4 is 0 Å². The smallest absolute Gasteiger partial charge is 0.317 e. The molecule has 0 unspecified atom stereocenters. The van der Waals surface area contributed by atoms with Gasteiger partial charge in [0.15, 0.2) is 0 Å². The Kier molecular flexibility index (Phi) is 27.5. The zero-order valence-electron chi connectivity index (χ0n) is 14.4. The third kappa shape index (κ3) is 31.2. The van der Waals surface area contributed by atoms with Crippen molar-refractivity contribution >= 4 is 35.8 Å². The average molecular weight is 547 g/mol. The maximum Gasteiger partial charge on any atom is 0.317 e. The van der Waals surface area contributed by atoms with Crippen LogP contribution in [0.1, 0.15) is 0 Å². The molecule has 0 aliphatic carbocycles. The molecular formula is C12H18Mn3N2O12. The van der Waals surface area contributed by atoms with Crippen molar-refractivity contribution in [2.24, 2.45) is 0 Å². The fraction of sp³-hybridized carbons (Fsp3) is 0.500. The molecule has 0 spiro atoms. The van der Waals surface area contributed by atoms with E-state index in [9.17, 15) is 28.8 Å². The first-order valence-corrected chi connectivity index (χ1v) is 6.59. The van der Waals surface area contributed by atoms with Crippen LogP contribution >= 0.6 is 0 Å². The quantitative estimate of drug-likeness (QED) is 0.135. The largest absolute Gasteiger partial charge is 0.480 e. The van der Waals surface area contributed by atoms with E-state index in [-0.39, 0.29) is 51.2 Å². The minimum atomic E-state index is -1.26. The molecule has 0 aliphatic heterocycles. The Hall–Kier alpha value is -1.70. The van der Waals surface area contributed by atoms with Crippen molar-refractivity contribution in [1.82, 2.24) is 9.80 Å². The zero-order chi connectivity index (χ0) is 20.9. The fourth-order valence-corrected chi connectivity index (χ4v) is 1.48. The van der Waals surface area contributed by atoms with Crippen LogP contribution in [0.3, 0.4) is 0 Å². The monoisotopic (exact) mass is 547 g/mol. The molecule has 0 aromatic rings. The summed E-state index contributed by atoms with van der Waals surface area (Å²) < 4.78 is 0. The van der Waals surface area contributed by atoms with Gasteiger partial charge in [-0.15, -0.1) is 0 Å². The van der Waals surface area contributed by atoms with E-state index in [0.717, 1.165) is 9.80 Å². The molecule has 0 atom stereocenters. The van der Waals surface area contributed by atoms with E-state index >= 15 is 0 Å². The Bertz CT molecular complexity index is 436. The molecule has 0 saturated carbocycles. The summed E-state index contributed by atoms with van der Waals surface area (Å²) in [6, 6.07) is 0. The Morgan fingerprint density at radius 3 is 0.552 bits per heavy atom. The van der Waals surface area contributed by atoms with Crippen LogP contribution in [-0.4, -0.2) is 116 Å². The number of hydrogen-bond donors (Lipinski definition) is 6. The summed E-state index contributed by atoms with van der Waals surface area (Å²) in [5.74, 6) is -7.57. The van der Waals surface area contributed by atoms with Gasteiger partial charge >= 0.3 is 35.8 Å². The first kappa shape index (κ1) is 38.0. The number of aliphatic carboxylic acids is 6. The second-order valence-electron chi connectivity index (χ2n) is 4.65. The van der Waals surface area contributed by atoms with Gasteiger partial charge in [0.25, 0.3) is 0 Å². The van der Waals surface area contributed by atoms with Crippen molar-refractivity contribution in [3.63, 3.8) is 0 Å². The predicted octanol–water partition coefficient (Wildman–Crippen LogP) is -2.92. The molecule has 14 nitrogen and oxygen atoms in total. The van der Waals surface area contributed by atoms with Crippen LogP contribution in [0.2, 0.25) is 0 Å². The van der Waals surface area contributed by atoms with Gasteiger partial charge in [0.1, 0.15) is 0 Å². The van der Waals surface area contributed by atoms with Crippen molar-refractivity contribution in [2.45, 2.75) is 0 Å². The van der Waals surface area contributed by atoms with Gasteiger partial charge < -0.3 is 30.6 Å². The van der Waals surface area contributed by atoms with Gasteiger partial charge in [-0.25, -0.2) is 0 Å². The summed E-state index contributed by atoms with van der Waals surface area (Å²) in [5, 5.41) is 49.7. The number of carbonyl (C=O) groups is 6. The number of rotatable bonds is 12. The molecule has 0 aromatic heterocycles. The summed E-state index contributed by atoms with van der Waals surface area (Å²) in [6.07, 6.45) is 0. The topological polar surface area (TPSA) is 230 Å². The summed E-state index contributed by atoms with van der Waals surface area (Å²) in [5.41, 5.74) is 0. The molecule has 0 rings (SSSR count). The van der Waals surface area contributed by atoms with E-state index in [1.54, 1.807) is 0 Å². The van der Waals surface area contributed by atoms with Crippen LogP contribution in [0.15, 0.2) is 0 Å². The third-order valence-electron chi connectivity index (χ3n) is 2.15. The molecular weight excluding hydrogens is 529 g/mol. The molecule has 0 saturated heterocycles. The number of nitrogens with zero attached hydrogens (tertiary/aromatic N) is 2. The standard InChI is InChI=1S/2C6H9NO6.3Mn/c2*8-4(9)1-7(2-5(10)11)3-6(12)13;;;/h2*1-3H2,(H,8,9)(H,10,11)(H,12,13);;;. The summed E-state index contributed by atoms with van der Waals surface area (Å²) in [7, 11) is 0. The normalized spacial score (nSPS) is 8.90. The Labute approximate surface area is 195 Å². The molecule has 6 N–H and O–H groups in total. The van der Waals surface area contributed by atoms with Gasteiger partial charge in [-0.05, 0) is 0 Å². The molecule has 0 amide bonds. The van der Waals surface area contributed by atoms with Crippen molar-refractivity contribution in [2.75, 3.05) is 39.3 Å². The van der Waals surface area contributed by atoms with Gasteiger partial charge in [0.2, 0.25) is 0 Å². The number of carboxylic acids is 6.